The van der Waals surface area contributed by atoms with Gasteiger partial charge in [-0.25, -0.2) is 17.1 Å². The average Bonchev–Trinajstić information content (AvgIpc) is 2.49. The molecule has 2 rings (SSSR count). The van der Waals surface area contributed by atoms with E-state index in [1.165, 1.54) is 44.4 Å². The lowest BCUT2D eigenvalue weighted by atomic mass is 10.1. The van der Waals surface area contributed by atoms with E-state index in [1.54, 1.807) is 19.1 Å². The van der Waals surface area contributed by atoms with E-state index in [4.69, 9.17) is 0 Å². The van der Waals surface area contributed by atoms with Crippen LogP contribution in [0.3, 0.4) is 0 Å². The van der Waals surface area contributed by atoms with Crippen molar-refractivity contribution < 1.29 is 17.6 Å². The fraction of sp³-hybridized carbons (Fsp3) is 0.188. The van der Waals surface area contributed by atoms with Crippen molar-refractivity contribution in [3.63, 3.8) is 0 Å². The van der Waals surface area contributed by atoms with Gasteiger partial charge in [-0.1, -0.05) is 18.2 Å². The molecule has 122 valence electrons. The molecule has 0 saturated carbocycles. The lowest BCUT2D eigenvalue weighted by Gasteiger charge is -2.14. The molecule has 0 atom stereocenters. The summed E-state index contributed by atoms with van der Waals surface area (Å²) in [7, 11) is -0.829. The Hall–Kier alpha value is -2.25. The summed E-state index contributed by atoms with van der Waals surface area (Å²) in [5.74, 6) is -1.13. The topological polar surface area (TPSA) is 66.5 Å². The fourth-order valence-corrected chi connectivity index (χ4v) is 2.90. The van der Waals surface area contributed by atoms with Crippen molar-refractivity contribution in [3.8, 4) is 0 Å². The first kappa shape index (κ1) is 17.1. The van der Waals surface area contributed by atoms with Crippen molar-refractivity contribution in [1.82, 2.24) is 4.31 Å². The average molecular weight is 336 g/mol. The van der Waals surface area contributed by atoms with Crippen LogP contribution >= 0.6 is 0 Å². The van der Waals surface area contributed by atoms with Gasteiger partial charge in [0.1, 0.15) is 5.82 Å². The summed E-state index contributed by atoms with van der Waals surface area (Å²) in [4.78, 5) is 12.4. The molecule has 0 spiro atoms. The molecule has 0 aliphatic rings. The number of para-hydroxylation sites is 1. The van der Waals surface area contributed by atoms with E-state index in [1.807, 2.05) is 0 Å². The Bertz CT molecular complexity index is 848. The molecule has 0 unspecified atom stereocenters. The zero-order chi connectivity index (χ0) is 17.2. The summed E-state index contributed by atoms with van der Waals surface area (Å²) in [5.41, 5.74) is 0.811. The molecule has 0 bridgehead atoms. The third-order valence-electron chi connectivity index (χ3n) is 3.35. The Morgan fingerprint density at radius 2 is 1.78 bits per heavy atom. The van der Waals surface area contributed by atoms with E-state index < -0.39 is 21.7 Å². The lowest BCUT2D eigenvalue weighted by molar-refractivity contribution is 0.102. The SMILES string of the molecule is Cc1ccc(S(=O)(=O)N(C)C)cc1C(=O)Nc1ccccc1F. The number of hydrogen-bond donors (Lipinski definition) is 1. The fourth-order valence-electron chi connectivity index (χ4n) is 1.97. The number of aryl methyl sites for hydroxylation is 1. The second-order valence-electron chi connectivity index (χ2n) is 5.20. The van der Waals surface area contributed by atoms with Crippen LogP contribution in [0.15, 0.2) is 47.4 Å². The predicted octanol–water partition coefficient (Wildman–Crippen LogP) is 2.64. The van der Waals surface area contributed by atoms with Gasteiger partial charge in [-0.3, -0.25) is 4.79 Å². The molecule has 23 heavy (non-hydrogen) atoms. The molecule has 0 heterocycles. The number of sulfonamides is 1. The van der Waals surface area contributed by atoms with E-state index in [0.717, 1.165) is 4.31 Å². The minimum atomic E-state index is -3.65. The minimum Gasteiger partial charge on any atom is -0.319 e. The standard InChI is InChI=1S/C16H17FN2O3S/c1-11-8-9-12(23(21,22)19(2)3)10-13(11)16(20)18-15-7-5-4-6-14(15)17/h4-10H,1-3H3,(H,18,20). The number of carbonyl (C=O) groups is 1. The smallest absolute Gasteiger partial charge is 0.256 e. The molecule has 7 heteroatoms. The Labute approximate surface area is 134 Å². The van der Waals surface area contributed by atoms with Gasteiger partial charge in [-0.15, -0.1) is 0 Å². The maximum atomic E-state index is 13.6. The minimum absolute atomic E-state index is 0.00628. The molecular formula is C16H17FN2O3S. The molecule has 0 aliphatic heterocycles. The van der Waals surface area contributed by atoms with Crippen LogP contribution in [-0.2, 0) is 10.0 Å². The number of hydrogen-bond acceptors (Lipinski definition) is 3. The molecule has 0 aliphatic carbocycles. The molecule has 2 aromatic carbocycles. The van der Waals surface area contributed by atoms with Gasteiger partial charge in [0, 0.05) is 19.7 Å². The second-order valence-corrected chi connectivity index (χ2v) is 7.35. The number of carbonyl (C=O) groups excluding carboxylic acids is 1. The number of amides is 1. The van der Waals surface area contributed by atoms with Crippen molar-refractivity contribution in [2.45, 2.75) is 11.8 Å². The summed E-state index contributed by atoms with van der Waals surface area (Å²) in [6.07, 6.45) is 0. The van der Waals surface area contributed by atoms with Crippen molar-refractivity contribution >= 4 is 21.6 Å². The van der Waals surface area contributed by atoms with E-state index in [9.17, 15) is 17.6 Å². The highest BCUT2D eigenvalue weighted by atomic mass is 32.2. The molecule has 0 fully saturated rings. The third kappa shape index (κ3) is 3.57. The van der Waals surface area contributed by atoms with Crippen LogP contribution in [0.4, 0.5) is 10.1 Å². The highest BCUT2D eigenvalue weighted by Crippen LogP contribution is 2.20. The van der Waals surface area contributed by atoms with Gasteiger partial charge in [-0.2, -0.15) is 0 Å². The Kier molecular flexibility index (Phi) is 4.82. The van der Waals surface area contributed by atoms with Gasteiger partial charge in [0.15, 0.2) is 0 Å². The largest absolute Gasteiger partial charge is 0.319 e. The van der Waals surface area contributed by atoms with Crippen LogP contribution in [0.2, 0.25) is 0 Å². The third-order valence-corrected chi connectivity index (χ3v) is 5.17. The molecular weight excluding hydrogens is 319 g/mol. The van der Waals surface area contributed by atoms with E-state index in [-0.39, 0.29) is 16.1 Å². The summed E-state index contributed by atoms with van der Waals surface area (Å²) in [5, 5.41) is 2.45. The Balaban J connectivity index is 2.40. The highest BCUT2D eigenvalue weighted by Gasteiger charge is 2.20. The van der Waals surface area contributed by atoms with E-state index >= 15 is 0 Å². The van der Waals surface area contributed by atoms with Crippen molar-refractivity contribution in [2.24, 2.45) is 0 Å². The second kappa shape index (κ2) is 6.47. The normalized spacial score (nSPS) is 11.5. The first-order valence-electron chi connectivity index (χ1n) is 6.82. The van der Waals surface area contributed by atoms with Crippen molar-refractivity contribution in [2.75, 3.05) is 19.4 Å². The zero-order valence-electron chi connectivity index (χ0n) is 13.0. The number of benzene rings is 2. The maximum absolute atomic E-state index is 13.6. The molecule has 1 N–H and O–H groups in total. The number of nitrogens with zero attached hydrogens (tertiary/aromatic N) is 1. The maximum Gasteiger partial charge on any atom is 0.256 e. The molecule has 5 nitrogen and oxygen atoms in total. The van der Waals surface area contributed by atoms with Crippen LogP contribution in [-0.4, -0.2) is 32.7 Å². The van der Waals surface area contributed by atoms with Gasteiger partial charge < -0.3 is 5.32 Å². The Morgan fingerprint density at radius 3 is 2.39 bits per heavy atom. The number of halogens is 1. The highest BCUT2D eigenvalue weighted by molar-refractivity contribution is 7.89. The van der Waals surface area contributed by atoms with Crippen LogP contribution in [0, 0.1) is 12.7 Å². The summed E-state index contributed by atoms with van der Waals surface area (Å²) >= 11 is 0. The summed E-state index contributed by atoms with van der Waals surface area (Å²) in [6, 6.07) is 10.1. The van der Waals surface area contributed by atoms with Crippen molar-refractivity contribution in [3.05, 3.63) is 59.4 Å². The van der Waals surface area contributed by atoms with Gasteiger partial charge in [0.2, 0.25) is 10.0 Å². The lowest BCUT2D eigenvalue weighted by Crippen LogP contribution is -2.23. The van der Waals surface area contributed by atoms with E-state index in [2.05, 4.69) is 5.32 Å². The quantitative estimate of drug-likeness (QED) is 0.933. The van der Waals surface area contributed by atoms with Gasteiger partial charge in [0.05, 0.1) is 10.6 Å². The van der Waals surface area contributed by atoms with Crippen LogP contribution in [0.1, 0.15) is 15.9 Å². The van der Waals surface area contributed by atoms with Gasteiger partial charge in [0.25, 0.3) is 5.91 Å². The predicted molar refractivity (Wildman–Crippen MR) is 86.4 cm³/mol. The monoisotopic (exact) mass is 336 g/mol. The summed E-state index contributed by atoms with van der Waals surface area (Å²) < 4.78 is 39.0. The Morgan fingerprint density at radius 1 is 1.13 bits per heavy atom. The van der Waals surface area contributed by atoms with Crippen molar-refractivity contribution in [1.29, 1.82) is 0 Å². The molecule has 0 radical (unpaired) electrons. The molecule has 2 aromatic rings. The van der Waals surface area contributed by atoms with Crippen LogP contribution in [0.5, 0.6) is 0 Å². The number of nitrogens with one attached hydrogen (secondary N) is 1. The van der Waals surface area contributed by atoms with E-state index in [0.29, 0.717) is 5.56 Å². The first-order chi connectivity index (χ1) is 10.7. The van der Waals surface area contributed by atoms with Gasteiger partial charge >= 0.3 is 0 Å². The molecule has 0 saturated heterocycles. The number of rotatable bonds is 4. The molecule has 1 amide bonds. The van der Waals surface area contributed by atoms with Crippen LogP contribution in [0.25, 0.3) is 0 Å². The number of anilines is 1. The van der Waals surface area contributed by atoms with Crippen LogP contribution < -0.4 is 5.32 Å². The molecule has 0 aromatic heterocycles. The summed E-state index contributed by atoms with van der Waals surface area (Å²) in [6.45, 7) is 1.68. The zero-order valence-corrected chi connectivity index (χ0v) is 13.8. The first-order valence-corrected chi connectivity index (χ1v) is 8.26. The van der Waals surface area contributed by atoms with Gasteiger partial charge in [-0.05, 0) is 36.8 Å².